The van der Waals surface area contributed by atoms with Gasteiger partial charge >= 0.3 is 12.0 Å². The first-order valence-electron chi connectivity index (χ1n) is 15.3. The first-order chi connectivity index (χ1) is 20.5. The van der Waals surface area contributed by atoms with E-state index in [1.807, 2.05) is 23.1 Å². The fraction of sp³-hybridized carbons (Fsp3) is 0.429. The third-order valence-corrected chi connectivity index (χ3v) is 8.75. The number of hydrogen-bond donors (Lipinski definition) is 1. The van der Waals surface area contributed by atoms with Crippen LogP contribution in [0.15, 0.2) is 78.9 Å². The number of esters is 1. The molecule has 3 aromatic carbocycles. The maximum absolute atomic E-state index is 13.7. The van der Waals surface area contributed by atoms with Gasteiger partial charge in [-0.15, -0.1) is 0 Å². The second kappa shape index (κ2) is 14.5. The average Bonchev–Trinajstić information content (AvgIpc) is 3.01. The molecule has 0 unspecified atom stereocenters. The summed E-state index contributed by atoms with van der Waals surface area (Å²) in [5.41, 5.74) is 3.58. The average molecular weight is 572 g/mol. The van der Waals surface area contributed by atoms with Crippen molar-refractivity contribution in [1.29, 1.82) is 0 Å². The lowest BCUT2D eigenvalue weighted by molar-refractivity contribution is 0.0526. The second-order valence-corrected chi connectivity index (χ2v) is 11.7. The summed E-state index contributed by atoms with van der Waals surface area (Å²) in [4.78, 5) is 30.3. The first kappa shape index (κ1) is 29.8. The normalized spacial score (nSPS) is 19.8. The summed E-state index contributed by atoms with van der Waals surface area (Å²) in [6, 6.07) is 24.3. The molecule has 0 saturated carbocycles. The highest BCUT2D eigenvalue weighted by Gasteiger charge is 2.36. The predicted molar refractivity (Wildman–Crippen MR) is 164 cm³/mol. The third-order valence-electron chi connectivity index (χ3n) is 8.75. The highest BCUT2D eigenvalue weighted by Crippen LogP contribution is 2.30. The number of piperidine rings is 2. The molecule has 2 aliphatic rings. The fourth-order valence-corrected chi connectivity index (χ4v) is 6.49. The van der Waals surface area contributed by atoms with E-state index >= 15 is 0 Å². The number of halogens is 1. The minimum Gasteiger partial charge on any atom is -0.462 e. The van der Waals surface area contributed by atoms with Gasteiger partial charge in [0.2, 0.25) is 0 Å². The molecule has 0 bridgehead atoms. The second-order valence-electron chi connectivity index (χ2n) is 11.7. The highest BCUT2D eigenvalue weighted by atomic mass is 19.1. The van der Waals surface area contributed by atoms with E-state index in [0.717, 1.165) is 64.7 Å². The van der Waals surface area contributed by atoms with Gasteiger partial charge in [-0.05, 0) is 118 Å². The number of nitrogens with one attached hydrogen (secondary N) is 1. The summed E-state index contributed by atoms with van der Waals surface area (Å²) in [5, 5.41) is 3.08. The molecule has 2 heterocycles. The topological polar surface area (TPSA) is 61.9 Å². The summed E-state index contributed by atoms with van der Waals surface area (Å²) in [6.07, 6.45) is 6.18. The molecule has 7 heteroatoms. The summed E-state index contributed by atoms with van der Waals surface area (Å²) in [6.45, 7) is 5.92. The van der Waals surface area contributed by atoms with Gasteiger partial charge in [0, 0.05) is 24.8 Å². The third kappa shape index (κ3) is 7.97. The molecule has 5 rings (SSSR count). The Labute approximate surface area is 248 Å². The SMILES string of the molecule is CCOC(=O)c1ccc(NC(=O)N2CCC[C@H](CN3CCC(Cc4ccc(F)cc4)CC3)[C@H]2Cc2ccccc2)cc1. The Hall–Kier alpha value is -3.71. The fourth-order valence-electron chi connectivity index (χ4n) is 6.49. The van der Waals surface area contributed by atoms with E-state index in [9.17, 15) is 14.0 Å². The molecule has 6 nitrogen and oxygen atoms in total. The molecule has 3 aromatic rings. The number of urea groups is 1. The van der Waals surface area contributed by atoms with Gasteiger partial charge in [-0.2, -0.15) is 0 Å². The van der Waals surface area contributed by atoms with E-state index in [1.165, 1.54) is 11.1 Å². The molecule has 2 fully saturated rings. The van der Waals surface area contributed by atoms with Gasteiger partial charge in [0.1, 0.15) is 5.82 Å². The molecular formula is C35H42FN3O3. The van der Waals surface area contributed by atoms with Crippen LogP contribution in [-0.2, 0) is 17.6 Å². The Bertz CT molecular complexity index is 1290. The molecular weight excluding hydrogens is 529 g/mol. The lowest BCUT2D eigenvalue weighted by Crippen LogP contribution is -2.54. The summed E-state index contributed by atoms with van der Waals surface area (Å²) in [7, 11) is 0. The molecule has 0 spiro atoms. The summed E-state index contributed by atoms with van der Waals surface area (Å²) >= 11 is 0. The number of rotatable bonds is 9. The lowest BCUT2D eigenvalue weighted by Gasteiger charge is -2.44. The molecule has 42 heavy (non-hydrogen) atoms. The minimum atomic E-state index is -0.364. The van der Waals surface area contributed by atoms with Crippen LogP contribution in [0.5, 0.6) is 0 Å². The van der Waals surface area contributed by atoms with Crippen molar-refractivity contribution in [3.63, 3.8) is 0 Å². The monoisotopic (exact) mass is 571 g/mol. The van der Waals surface area contributed by atoms with Gasteiger partial charge in [0.15, 0.2) is 0 Å². The number of benzene rings is 3. The Morgan fingerprint density at radius 1 is 0.857 bits per heavy atom. The van der Waals surface area contributed by atoms with Crippen LogP contribution in [-0.4, -0.2) is 60.6 Å². The lowest BCUT2D eigenvalue weighted by atomic mass is 9.83. The first-order valence-corrected chi connectivity index (χ1v) is 15.3. The van der Waals surface area contributed by atoms with E-state index in [0.29, 0.717) is 29.7 Å². The van der Waals surface area contributed by atoms with E-state index in [4.69, 9.17) is 4.74 Å². The van der Waals surface area contributed by atoms with Crippen LogP contribution < -0.4 is 5.32 Å². The Morgan fingerprint density at radius 3 is 2.24 bits per heavy atom. The summed E-state index contributed by atoms with van der Waals surface area (Å²) in [5.74, 6) is 0.456. The van der Waals surface area contributed by atoms with Gasteiger partial charge in [-0.1, -0.05) is 42.5 Å². The molecule has 0 aromatic heterocycles. The number of anilines is 1. The molecule has 2 atom stereocenters. The van der Waals surface area contributed by atoms with Crippen molar-refractivity contribution in [1.82, 2.24) is 9.80 Å². The van der Waals surface area contributed by atoms with Crippen molar-refractivity contribution < 1.29 is 18.7 Å². The molecule has 0 radical (unpaired) electrons. The molecule has 2 aliphatic heterocycles. The van der Waals surface area contributed by atoms with Crippen LogP contribution in [0.4, 0.5) is 14.9 Å². The zero-order valence-electron chi connectivity index (χ0n) is 24.5. The van der Waals surface area contributed by atoms with E-state index in [1.54, 1.807) is 43.3 Å². The maximum Gasteiger partial charge on any atom is 0.338 e. The zero-order valence-corrected chi connectivity index (χ0v) is 24.5. The van der Waals surface area contributed by atoms with Crippen LogP contribution >= 0.6 is 0 Å². The van der Waals surface area contributed by atoms with E-state index in [2.05, 4.69) is 34.5 Å². The van der Waals surface area contributed by atoms with Crippen molar-refractivity contribution in [2.45, 2.75) is 51.5 Å². The Kier molecular flexibility index (Phi) is 10.2. The van der Waals surface area contributed by atoms with Crippen molar-refractivity contribution >= 4 is 17.7 Å². The van der Waals surface area contributed by atoms with Crippen molar-refractivity contribution in [2.75, 3.05) is 38.1 Å². The van der Waals surface area contributed by atoms with Crippen molar-refractivity contribution in [2.24, 2.45) is 11.8 Å². The number of amides is 2. The zero-order chi connectivity index (χ0) is 29.3. The number of ether oxygens (including phenoxy) is 1. The van der Waals surface area contributed by atoms with Gasteiger partial charge in [0.05, 0.1) is 12.2 Å². The highest BCUT2D eigenvalue weighted by molar-refractivity contribution is 5.92. The van der Waals surface area contributed by atoms with Crippen LogP contribution in [0.3, 0.4) is 0 Å². The quantitative estimate of drug-likeness (QED) is 0.287. The number of carbonyl (C=O) groups is 2. The van der Waals surface area contributed by atoms with E-state index in [-0.39, 0.29) is 23.9 Å². The van der Waals surface area contributed by atoms with Gasteiger partial charge in [0.25, 0.3) is 0 Å². The van der Waals surface area contributed by atoms with Gasteiger partial charge in [-0.25, -0.2) is 14.0 Å². The maximum atomic E-state index is 13.7. The van der Waals surface area contributed by atoms with Crippen LogP contribution in [0, 0.1) is 17.7 Å². The summed E-state index contributed by atoms with van der Waals surface area (Å²) < 4.78 is 18.4. The standard InChI is InChI=1S/C35H42FN3O3/c1-2-42-34(40)29-12-16-32(17-13-29)37-35(41)39-20-6-9-30(33(39)24-26-7-4-3-5-8-26)25-38-21-18-28(19-22-38)23-27-10-14-31(36)15-11-27/h3-5,7-8,10-17,28,30,33H,2,6,9,18-25H2,1H3,(H,37,41)/t30-,33-/m1/s1. The predicted octanol–water partition coefficient (Wildman–Crippen LogP) is 6.81. The number of nitrogens with zero attached hydrogens (tertiary/aromatic N) is 2. The number of hydrogen-bond acceptors (Lipinski definition) is 4. The number of likely N-dealkylation sites (tertiary alicyclic amines) is 2. The molecule has 1 N–H and O–H groups in total. The smallest absolute Gasteiger partial charge is 0.338 e. The van der Waals surface area contributed by atoms with Crippen LogP contribution in [0.1, 0.15) is 54.1 Å². The number of carbonyl (C=O) groups excluding carboxylic acids is 2. The van der Waals surface area contributed by atoms with Gasteiger partial charge < -0.3 is 19.9 Å². The van der Waals surface area contributed by atoms with Gasteiger partial charge in [-0.3, -0.25) is 0 Å². The molecule has 0 aliphatic carbocycles. The molecule has 222 valence electrons. The van der Waals surface area contributed by atoms with Crippen LogP contribution in [0.25, 0.3) is 0 Å². The largest absolute Gasteiger partial charge is 0.462 e. The van der Waals surface area contributed by atoms with Crippen molar-refractivity contribution in [3.05, 3.63) is 101 Å². The van der Waals surface area contributed by atoms with Crippen LogP contribution in [0.2, 0.25) is 0 Å². The van der Waals surface area contributed by atoms with E-state index < -0.39 is 0 Å². The Balaban J connectivity index is 1.23. The molecule has 2 saturated heterocycles. The van der Waals surface area contributed by atoms with Crippen molar-refractivity contribution in [3.8, 4) is 0 Å². The minimum absolute atomic E-state index is 0.0943. The molecule has 2 amide bonds. The Morgan fingerprint density at radius 2 is 1.55 bits per heavy atom.